The van der Waals surface area contributed by atoms with Crippen molar-refractivity contribution in [2.24, 2.45) is 0 Å². The van der Waals surface area contributed by atoms with Gasteiger partial charge in [0.05, 0.1) is 0 Å². The lowest BCUT2D eigenvalue weighted by atomic mass is 10.3. The Morgan fingerprint density at radius 3 is 1.81 bits per heavy atom. The van der Waals surface area contributed by atoms with Crippen molar-refractivity contribution in [2.45, 2.75) is 71.8 Å². The molecule has 0 rings (SSSR count). The van der Waals surface area contributed by atoms with Crippen molar-refractivity contribution < 1.29 is 8.85 Å². The van der Waals surface area contributed by atoms with Gasteiger partial charge in [0.1, 0.15) is 0 Å². The van der Waals surface area contributed by atoms with E-state index in [0.29, 0.717) is 5.88 Å². The first-order valence-corrected chi connectivity index (χ1v) is 9.44. The van der Waals surface area contributed by atoms with E-state index in [1.165, 1.54) is 0 Å². The van der Waals surface area contributed by atoms with Crippen LogP contribution in [0.5, 0.6) is 0 Å². The summed E-state index contributed by atoms with van der Waals surface area (Å²) in [6.07, 6.45) is 3.63. The maximum atomic E-state index is 6.12. The van der Waals surface area contributed by atoms with E-state index in [1.807, 2.05) is 0 Å². The lowest BCUT2D eigenvalue weighted by molar-refractivity contribution is 0.0912. The van der Waals surface area contributed by atoms with E-state index in [4.69, 9.17) is 20.5 Å². The van der Waals surface area contributed by atoms with E-state index in [2.05, 4.69) is 34.2 Å². The van der Waals surface area contributed by atoms with Gasteiger partial charge in [0, 0.05) is 18.1 Å². The van der Waals surface area contributed by atoms with Crippen LogP contribution in [0.2, 0.25) is 12.6 Å². The van der Waals surface area contributed by atoms with Crippen LogP contribution in [0.25, 0.3) is 0 Å². The highest BCUT2D eigenvalue weighted by atomic mass is 35.5. The summed E-state index contributed by atoms with van der Waals surface area (Å²) in [5, 5.41) is 0. The molecule has 0 spiro atoms. The van der Waals surface area contributed by atoms with Crippen LogP contribution in [0.1, 0.15) is 47.0 Å². The van der Waals surface area contributed by atoms with Crippen LogP contribution in [0.3, 0.4) is 0 Å². The van der Waals surface area contributed by atoms with Gasteiger partial charge in [-0.05, 0) is 45.7 Å². The van der Waals surface area contributed by atoms with Gasteiger partial charge in [-0.25, -0.2) is 0 Å². The van der Waals surface area contributed by atoms with Gasteiger partial charge in [-0.2, -0.15) is 0 Å². The second-order valence-electron chi connectivity index (χ2n) is 4.60. The Bertz CT molecular complexity index is 166. The van der Waals surface area contributed by atoms with Crippen molar-refractivity contribution in [1.29, 1.82) is 0 Å². The topological polar surface area (TPSA) is 18.5 Å². The number of hydrogen-bond acceptors (Lipinski definition) is 2. The quantitative estimate of drug-likeness (QED) is 0.457. The van der Waals surface area contributed by atoms with Crippen LogP contribution in [-0.4, -0.2) is 26.6 Å². The molecule has 0 aromatic carbocycles. The first-order chi connectivity index (χ1) is 7.47. The normalized spacial score (nSPS) is 19.1. The Morgan fingerprint density at radius 2 is 1.50 bits per heavy atom. The SMILES string of the molecule is CCC(C)O[Si](C)(CCCCl)OC(C)CC. The molecule has 0 heterocycles. The fourth-order valence-corrected chi connectivity index (χ4v) is 5.06. The summed E-state index contributed by atoms with van der Waals surface area (Å²) in [5.74, 6) is 0.691. The van der Waals surface area contributed by atoms with Crippen molar-refractivity contribution in [3.63, 3.8) is 0 Å². The summed E-state index contributed by atoms with van der Waals surface area (Å²) in [7, 11) is -2.02. The third-order valence-electron chi connectivity index (χ3n) is 2.82. The van der Waals surface area contributed by atoms with E-state index in [9.17, 15) is 0 Å². The van der Waals surface area contributed by atoms with Gasteiger partial charge in [0.25, 0.3) is 0 Å². The summed E-state index contributed by atoms with van der Waals surface area (Å²) in [6, 6.07) is 0.991. The minimum atomic E-state index is -2.02. The Hall–Kier alpha value is 0.427. The maximum absolute atomic E-state index is 6.12. The molecule has 2 nitrogen and oxygen atoms in total. The number of rotatable bonds is 9. The Kier molecular flexibility index (Phi) is 8.73. The third-order valence-corrected chi connectivity index (χ3v) is 6.15. The highest BCUT2D eigenvalue weighted by molar-refractivity contribution is 6.66. The zero-order chi connectivity index (χ0) is 12.6. The molecule has 0 fully saturated rings. The maximum Gasteiger partial charge on any atom is 0.335 e. The first kappa shape index (κ1) is 16.4. The average molecular weight is 267 g/mol. The molecular weight excluding hydrogens is 240 g/mol. The van der Waals surface area contributed by atoms with Gasteiger partial charge in [0.15, 0.2) is 0 Å². The lowest BCUT2D eigenvalue weighted by Crippen LogP contribution is -2.43. The van der Waals surface area contributed by atoms with Crippen LogP contribution in [-0.2, 0) is 8.85 Å². The summed E-state index contributed by atoms with van der Waals surface area (Å²) >= 11 is 5.76. The van der Waals surface area contributed by atoms with Crippen LogP contribution < -0.4 is 0 Å². The van der Waals surface area contributed by atoms with E-state index in [-0.39, 0.29) is 12.2 Å². The fraction of sp³-hybridized carbons (Fsp3) is 1.00. The molecule has 4 heteroatoms. The van der Waals surface area contributed by atoms with Crippen LogP contribution >= 0.6 is 11.6 Å². The van der Waals surface area contributed by atoms with Crippen molar-refractivity contribution in [1.82, 2.24) is 0 Å². The zero-order valence-corrected chi connectivity index (χ0v) is 13.1. The Balaban J connectivity index is 4.34. The summed E-state index contributed by atoms with van der Waals surface area (Å²) in [5.41, 5.74) is 0. The van der Waals surface area contributed by atoms with Crippen LogP contribution in [0, 0.1) is 0 Å². The summed E-state index contributed by atoms with van der Waals surface area (Å²) < 4.78 is 12.2. The van der Waals surface area contributed by atoms with Crippen molar-refractivity contribution >= 4 is 20.2 Å². The molecule has 0 saturated heterocycles. The minimum absolute atomic E-state index is 0.288. The smallest absolute Gasteiger partial charge is 0.335 e. The molecule has 0 aromatic rings. The lowest BCUT2D eigenvalue weighted by Gasteiger charge is -2.32. The predicted octanol–water partition coefficient (Wildman–Crippen LogP) is 4.32. The number of halogens is 1. The first-order valence-electron chi connectivity index (χ1n) is 6.39. The number of hydrogen-bond donors (Lipinski definition) is 0. The van der Waals surface area contributed by atoms with Gasteiger partial charge >= 0.3 is 8.56 Å². The van der Waals surface area contributed by atoms with Gasteiger partial charge in [-0.1, -0.05) is 13.8 Å². The van der Waals surface area contributed by atoms with E-state index >= 15 is 0 Å². The molecule has 0 aliphatic heterocycles. The summed E-state index contributed by atoms with van der Waals surface area (Å²) in [4.78, 5) is 0. The van der Waals surface area contributed by atoms with Crippen molar-refractivity contribution in [3.05, 3.63) is 0 Å². The van der Waals surface area contributed by atoms with Crippen LogP contribution in [0.15, 0.2) is 0 Å². The molecular formula is C12H27ClO2Si. The molecule has 2 atom stereocenters. The monoisotopic (exact) mass is 266 g/mol. The molecule has 0 amide bonds. The Labute approximate surface area is 107 Å². The molecule has 2 unspecified atom stereocenters. The molecule has 0 aromatic heterocycles. The van der Waals surface area contributed by atoms with Gasteiger partial charge in [-0.15, -0.1) is 11.6 Å². The minimum Gasteiger partial charge on any atom is -0.392 e. The van der Waals surface area contributed by atoms with Gasteiger partial charge in [0.2, 0.25) is 0 Å². The highest BCUT2D eigenvalue weighted by Crippen LogP contribution is 2.22. The molecule has 0 N–H and O–H groups in total. The average Bonchev–Trinajstić information content (AvgIpc) is 2.25. The third kappa shape index (κ3) is 6.89. The molecule has 0 bridgehead atoms. The Morgan fingerprint density at radius 1 is 1.06 bits per heavy atom. The predicted molar refractivity (Wildman–Crippen MR) is 73.4 cm³/mol. The molecule has 0 saturated carbocycles. The van der Waals surface area contributed by atoms with E-state index < -0.39 is 8.56 Å². The van der Waals surface area contributed by atoms with Crippen molar-refractivity contribution in [3.8, 4) is 0 Å². The van der Waals surface area contributed by atoms with Crippen LogP contribution in [0.4, 0.5) is 0 Å². The van der Waals surface area contributed by atoms with E-state index in [0.717, 1.165) is 25.3 Å². The molecule has 0 aliphatic carbocycles. The second kappa shape index (κ2) is 8.51. The molecule has 16 heavy (non-hydrogen) atoms. The van der Waals surface area contributed by atoms with Gasteiger partial charge < -0.3 is 8.85 Å². The zero-order valence-electron chi connectivity index (χ0n) is 11.4. The number of alkyl halides is 1. The molecule has 0 radical (unpaired) electrons. The second-order valence-corrected chi connectivity index (χ2v) is 8.22. The highest BCUT2D eigenvalue weighted by Gasteiger charge is 2.34. The molecule has 98 valence electrons. The van der Waals surface area contributed by atoms with Crippen molar-refractivity contribution in [2.75, 3.05) is 5.88 Å². The summed E-state index contributed by atoms with van der Waals surface area (Å²) in [6.45, 7) is 10.7. The molecule has 0 aliphatic rings. The standard InChI is InChI=1S/C12H27ClO2Si/c1-6-11(3)14-16(5,10-8-9-13)15-12(4)7-2/h11-12H,6-10H2,1-5H3. The largest absolute Gasteiger partial charge is 0.392 e. The van der Waals surface area contributed by atoms with E-state index in [1.54, 1.807) is 0 Å². The van der Waals surface area contributed by atoms with Gasteiger partial charge in [-0.3, -0.25) is 0 Å². The fourth-order valence-electron chi connectivity index (χ4n) is 1.55.